The number of hydrogen-bond donors (Lipinski definition) is 1. The molecule has 0 aliphatic carbocycles. The van der Waals surface area contributed by atoms with Crippen molar-refractivity contribution in [3.63, 3.8) is 0 Å². The molecule has 2 fully saturated rings. The molecular formula is C20H31N3O2. The van der Waals surface area contributed by atoms with Crippen LogP contribution in [0.25, 0.3) is 0 Å². The predicted molar refractivity (Wildman–Crippen MR) is 99.4 cm³/mol. The molecule has 3 rings (SSSR count). The van der Waals surface area contributed by atoms with Crippen LogP contribution in [0.1, 0.15) is 31.7 Å². The van der Waals surface area contributed by atoms with E-state index in [2.05, 4.69) is 47.5 Å². The lowest BCUT2D eigenvalue weighted by atomic mass is 10.0. The number of nitrogens with zero attached hydrogens (tertiary/aromatic N) is 2. The van der Waals surface area contributed by atoms with Gasteiger partial charge in [0.2, 0.25) is 0 Å². The number of piperidine rings is 1. The number of ether oxygens (including phenoxy) is 1. The number of carbonyl (C=O) groups excluding carboxylic acids is 1. The average molecular weight is 345 g/mol. The smallest absolute Gasteiger partial charge is 0.317 e. The van der Waals surface area contributed by atoms with Crippen LogP contribution in [0, 0.1) is 5.92 Å². The molecule has 138 valence electrons. The minimum Gasteiger partial charge on any atom is -0.381 e. The van der Waals surface area contributed by atoms with Crippen molar-refractivity contribution in [2.75, 3.05) is 39.4 Å². The van der Waals surface area contributed by atoms with Gasteiger partial charge in [0, 0.05) is 51.3 Å². The lowest BCUT2D eigenvalue weighted by Gasteiger charge is -2.34. The van der Waals surface area contributed by atoms with Crippen molar-refractivity contribution in [1.29, 1.82) is 0 Å². The van der Waals surface area contributed by atoms with Gasteiger partial charge in [-0.05, 0) is 31.7 Å². The first-order valence-corrected chi connectivity index (χ1v) is 9.64. The monoisotopic (exact) mass is 345 g/mol. The number of urea groups is 1. The summed E-state index contributed by atoms with van der Waals surface area (Å²) in [6.45, 7) is 8.35. The Labute approximate surface area is 151 Å². The first-order chi connectivity index (χ1) is 12.2. The van der Waals surface area contributed by atoms with Gasteiger partial charge in [0.1, 0.15) is 0 Å². The molecule has 2 aliphatic heterocycles. The van der Waals surface area contributed by atoms with Crippen LogP contribution in [0.2, 0.25) is 0 Å². The van der Waals surface area contributed by atoms with Crippen LogP contribution in [0.15, 0.2) is 30.3 Å². The van der Waals surface area contributed by atoms with Crippen LogP contribution in [0.3, 0.4) is 0 Å². The highest BCUT2D eigenvalue weighted by Gasteiger charge is 2.25. The molecule has 25 heavy (non-hydrogen) atoms. The molecule has 0 unspecified atom stereocenters. The van der Waals surface area contributed by atoms with Crippen molar-refractivity contribution in [3.8, 4) is 0 Å². The maximum atomic E-state index is 12.6. The lowest BCUT2D eigenvalue weighted by molar-refractivity contribution is 0.156. The van der Waals surface area contributed by atoms with Gasteiger partial charge in [-0.25, -0.2) is 4.79 Å². The van der Waals surface area contributed by atoms with Crippen molar-refractivity contribution >= 4 is 6.03 Å². The molecule has 2 saturated heterocycles. The maximum Gasteiger partial charge on any atom is 0.317 e. The van der Waals surface area contributed by atoms with E-state index in [1.165, 1.54) is 5.56 Å². The average Bonchev–Trinajstić information content (AvgIpc) is 3.15. The number of benzene rings is 1. The van der Waals surface area contributed by atoms with Gasteiger partial charge in [0.05, 0.1) is 6.61 Å². The second-order valence-electron chi connectivity index (χ2n) is 7.25. The Morgan fingerprint density at radius 3 is 2.64 bits per heavy atom. The highest BCUT2D eigenvalue weighted by atomic mass is 16.5. The quantitative estimate of drug-likeness (QED) is 0.862. The first-order valence-electron chi connectivity index (χ1n) is 9.64. The highest BCUT2D eigenvalue weighted by molar-refractivity contribution is 5.74. The molecule has 1 atom stereocenters. The van der Waals surface area contributed by atoms with Crippen LogP contribution >= 0.6 is 0 Å². The van der Waals surface area contributed by atoms with Gasteiger partial charge in [-0.15, -0.1) is 0 Å². The largest absolute Gasteiger partial charge is 0.381 e. The minimum absolute atomic E-state index is 0.0934. The molecule has 5 heteroatoms. The van der Waals surface area contributed by atoms with Gasteiger partial charge in [0.15, 0.2) is 0 Å². The Bertz CT molecular complexity index is 523. The standard InChI is InChI=1S/C20H31N3O2/c1-2-23(15-18-10-13-25-16-18)20(24)21-19-8-11-22(12-9-19)14-17-6-4-3-5-7-17/h3-7,18-19H,2,8-16H2,1H3,(H,21,24)/t18-/m1/s1. The third kappa shape index (κ3) is 5.44. The van der Waals surface area contributed by atoms with E-state index < -0.39 is 0 Å². The maximum absolute atomic E-state index is 12.6. The Morgan fingerprint density at radius 2 is 2.00 bits per heavy atom. The fraction of sp³-hybridized carbons (Fsp3) is 0.650. The van der Waals surface area contributed by atoms with Crippen molar-refractivity contribution < 1.29 is 9.53 Å². The van der Waals surface area contributed by atoms with Crippen LogP contribution in [0.5, 0.6) is 0 Å². The molecule has 2 aliphatic rings. The van der Waals surface area contributed by atoms with Crippen LogP contribution < -0.4 is 5.32 Å². The zero-order valence-corrected chi connectivity index (χ0v) is 15.3. The van der Waals surface area contributed by atoms with E-state index in [1.807, 2.05) is 4.90 Å². The first kappa shape index (κ1) is 18.2. The van der Waals surface area contributed by atoms with Crippen LogP contribution in [0.4, 0.5) is 4.79 Å². The van der Waals surface area contributed by atoms with Gasteiger partial charge in [0.25, 0.3) is 0 Å². The number of hydrogen-bond acceptors (Lipinski definition) is 3. The number of rotatable bonds is 6. The summed E-state index contributed by atoms with van der Waals surface area (Å²) in [6, 6.07) is 11.0. The fourth-order valence-corrected chi connectivity index (χ4v) is 3.74. The summed E-state index contributed by atoms with van der Waals surface area (Å²) in [5.74, 6) is 0.499. The number of carbonyl (C=O) groups is 1. The van der Waals surface area contributed by atoms with E-state index in [4.69, 9.17) is 4.74 Å². The summed E-state index contributed by atoms with van der Waals surface area (Å²) in [4.78, 5) is 17.0. The van der Waals surface area contributed by atoms with Crippen molar-refractivity contribution in [2.24, 2.45) is 5.92 Å². The SMILES string of the molecule is CCN(C[C@H]1CCOC1)C(=O)NC1CCN(Cc2ccccc2)CC1. The second-order valence-corrected chi connectivity index (χ2v) is 7.25. The van der Waals surface area contributed by atoms with Gasteiger partial charge in [-0.2, -0.15) is 0 Å². The van der Waals surface area contributed by atoms with E-state index >= 15 is 0 Å². The van der Waals surface area contributed by atoms with Gasteiger partial charge < -0.3 is 15.0 Å². The molecule has 0 radical (unpaired) electrons. The Kier molecular flexibility index (Phi) is 6.70. The molecule has 2 heterocycles. The zero-order chi connectivity index (χ0) is 17.5. The molecule has 0 saturated carbocycles. The summed E-state index contributed by atoms with van der Waals surface area (Å²) < 4.78 is 5.43. The molecular weight excluding hydrogens is 314 g/mol. The van der Waals surface area contributed by atoms with Crippen molar-refractivity contribution in [1.82, 2.24) is 15.1 Å². The van der Waals surface area contributed by atoms with Crippen LogP contribution in [-0.4, -0.2) is 61.3 Å². The minimum atomic E-state index is 0.0934. The summed E-state index contributed by atoms with van der Waals surface area (Å²) >= 11 is 0. The predicted octanol–water partition coefficient (Wildman–Crippen LogP) is 2.72. The molecule has 0 spiro atoms. The van der Waals surface area contributed by atoms with Gasteiger partial charge in [-0.3, -0.25) is 4.90 Å². The third-order valence-corrected chi connectivity index (χ3v) is 5.34. The third-order valence-electron chi connectivity index (χ3n) is 5.34. The molecule has 5 nitrogen and oxygen atoms in total. The second kappa shape index (κ2) is 9.20. The summed E-state index contributed by atoms with van der Waals surface area (Å²) in [7, 11) is 0. The molecule has 0 aromatic heterocycles. The number of amides is 2. The van der Waals surface area contributed by atoms with E-state index in [0.29, 0.717) is 12.0 Å². The Hall–Kier alpha value is -1.59. The summed E-state index contributed by atoms with van der Waals surface area (Å²) in [6.07, 6.45) is 3.13. The topological polar surface area (TPSA) is 44.8 Å². The Morgan fingerprint density at radius 1 is 1.24 bits per heavy atom. The van der Waals surface area contributed by atoms with Crippen molar-refractivity contribution in [3.05, 3.63) is 35.9 Å². The van der Waals surface area contributed by atoms with E-state index in [1.54, 1.807) is 0 Å². The van der Waals surface area contributed by atoms with E-state index in [-0.39, 0.29) is 6.03 Å². The summed E-state index contributed by atoms with van der Waals surface area (Å²) in [5.41, 5.74) is 1.36. The molecule has 0 bridgehead atoms. The van der Waals surface area contributed by atoms with E-state index in [9.17, 15) is 4.79 Å². The number of likely N-dealkylation sites (tertiary alicyclic amines) is 1. The highest BCUT2D eigenvalue weighted by Crippen LogP contribution is 2.16. The Balaban J connectivity index is 1.40. The zero-order valence-electron chi connectivity index (χ0n) is 15.3. The van der Waals surface area contributed by atoms with Crippen LogP contribution in [-0.2, 0) is 11.3 Å². The van der Waals surface area contributed by atoms with E-state index in [0.717, 1.165) is 65.2 Å². The summed E-state index contributed by atoms with van der Waals surface area (Å²) in [5, 5.41) is 3.25. The molecule has 1 N–H and O–H groups in total. The lowest BCUT2D eigenvalue weighted by Crippen LogP contribution is -2.50. The molecule has 1 aromatic carbocycles. The fourth-order valence-electron chi connectivity index (χ4n) is 3.74. The van der Waals surface area contributed by atoms with Gasteiger partial charge >= 0.3 is 6.03 Å². The molecule has 1 aromatic rings. The normalized spacial score (nSPS) is 22.0. The number of nitrogens with one attached hydrogen (secondary N) is 1. The van der Waals surface area contributed by atoms with Crippen molar-refractivity contribution in [2.45, 2.75) is 38.8 Å². The molecule has 2 amide bonds. The van der Waals surface area contributed by atoms with Gasteiger partial charge in [-0.1, -0.05) is 30.3 Å².